The number of nitrogens with zero attached hydrogens (tertiary/aromatic N) is 1. The molecule has 0 saturated carbocycles. The van der Waals surface area contributed by atoms with Crippen molar-refractivity contribution < 1.29 is 41.0 Å². The second-order valence-corrected chi connectivity index (χ2v) is 4.89. The zero-order chi connectivity index (χ0) is 18.8. The van der Waals surface area contributed by atoms with Crippen LogP contribution >= 0.6 is 0 Å². The van der Waals surface area contributed by atoms with Gasteiger partial charge in [-0.15, -0.1) is 13.2 Å². The Balaban J connectivity index is 2.50. The van der Waals surface area contributed by atoms with Crippen LogP contribution in [0.25, 0.3) is 11.3 Å². The maximum absolute atomic E-state index is 12.9. The molecule has 0 atom stereocenters. The van der Waals surface area contributed by atoms with Gasteiger partial charge in [0.15, 0.2) is 0 Å². The van der Waals surface area contributed by atoms with Gasteiger partial charge < -0.3 is 9.84 Å². The number of carboxylic acids is 1. The molecule has 2 rings (SSSR count). The number of carbonyl (C=O) groups is 1. The highest BCUT2D eigenvalue weighted by atomic mass is 19.4. The number of hydrogen-bond donors (Lipinski definition) is 1. The summed E-state index contributed by atoms with van der Waals surface area (Å²) in [6, 6.07) is 5.86. The van der Waals surface area contributed by atoms with Crippen LogP contribution in [0.5, 0.6) is 5.75 Å². The van der Waals surface area contributed by atoms with E-state index < -0.39 is 36.4 Å². The Bertz CT molecular complexity index is 786. The number of aromatic nitrogens is 1. The molecule has 0 spiro atoms. The molecule has 25 heavy (non-hydrogen) atoms. The van der Waals surface area contributed by atoms with E-state index in [-0.39, 0.29) is 16.8 Å². The molecule has 0 aliphatic carbocycles. The predicted molar refractivity (Wildman–Crippen MR) is 72.7 cm³/mol. The van der Waals surface area contributed by atoms with E-state index in [4.69, 9.17) is 5.11 Å². The molecule has 10 heteroatoms. The minimum absolute atomic E-state index is 0.0838. The number of carboxylic acid groups (broad SMARTS) is 1. The van der Waals surface area contributed by atoms with Gasteiger partial charge in [-0.05, 0) is 29.8 Å². The van der Waals surface area contributed by atoms with Crippen molar-refractivity contribution in [3.05, 3.63) is 47.7 Å². The molecular weight excluding hydrogens is 356 g/mol. The van der Waals surface area contributed by atoms with Gasteiger partial charge in [-0.2, -0.15) is 13.2 Å². The molecule has 2 aromatic rings. The van der Waals surface area contributed by atoms with E-state index >= 15 is 0 Å². The van der Waals surface area contributed by atoms with Gasteiger partial charge in [0.25, 0.3) is 0 Å². The van der Waals surface area contributed by atoms with Gasteiger partial charge in [0.2, 0.25) is 0 Å². The van der Waals surface area contributed by atoms with Crippen LogP contribution in [-0.2, 0) is 17.4 Å². The summed E-state index contributed by atoms with van der Waals surface area (Å²) in [5.74, 6) is -2.00. The summed E-state index contributed by atoms with van der Waals surface area (Å²) < 4.78 is 79.2. The first-order chi connectivity index (χ1) is 11.4. The number of aliphatic carboxylic acids is 1. The lowest BCUT2D eigenvalue weighted by molar-refractivity contribution is -0.274. The highest BCUT2D eigenvalue weighted by Crippen LogP contribution is 2.32. The largest absolute Gasteiger partial charge is 0.573 e. The van der Waals surface area contributed by atoms with Gasteiger partial charge >= 0.3 is 18.5 Å². The molecule has 1 N–H and O–H groups in total. The maximum Gasteiger partial charge on any atom is 0.573 e. The third-order valence-electron chi connectivity index (χ3n) is 2.89. The third kappa shape index (κ3) is 5.37. The predicted octanol–water partition coefficient (Wildman–Crippen LogP) is 4.29. The van der Waals surface area contributed by atoms with Gasteiger partial charge in [0.1, 0.15) is 11.4 Å². The summed E-state index contributed by atoms with van der Waals surface area (Å²) in [4.78, 5) is 14.1. The minimum Gasteiger partial charge on any atom is -0.481 e. The average Bonchev–Trinajstić information content (AvgIpc) is 2.43. The summed E-state index contributed by atoms with van der Waals surface area (Å²) >= 11 is 0. The summed E-state index contributed by atoms with van der Waals surface area (Å²) in [7, 11) is 0. The standard InChI is InChI=1S/C15H9F6NO3/c16-14(17,18)12-5-8(6-13(23)24)4-11(22-12)9-2-1-3-10(7-9)25-15(19,20)21/h1-5,7H,6H2,(H,23,24). The highest BCUT2D eigenvalue weighted by molar-refractivity contribution is 5.71. The number of alkyl halides is 6. The van der Waals surface area contributed by atoms with Gasteiger partial charge in [0, 0.05) is 5.56 Å². The summed E-state index contributed by atoms with van der Waals surface area (Å²) in [5.41, 5.74) is -1.94. The van der Waals surface area contributed by atoms with Gasteiger partial charge in [-0.3, -0.25) is 4.79 Å². The molecule has 0 bridgehead atoms. The Morgan fingerprint density at radius 2 is 1.76 bits per heavy atom. The van der Waals surface area contributed by atoms with Crippen molar-refractivity contribution in [2.45, 2.75) is 19.0 Å². The van der Waals surface area contributed by atoms with E-state index in [9.17, 15) is 31.1 Å². The highest BCUT2D eigenvalue weighted by Gasteiger charge is 2.34. The second kappa shape index (κ2) is 6.61. The average molecular weight is 365 g/mol. The van der Waals surface area contributed by atoms with Crippen LogP contribution in [0.2, 0.25) is 0 Å². The van der Waals surface area contributed by atoms with Crippen molar-refractivity contribution in [3.63, 3.8) is 0 Å². The van der Waals surface area contributed by atoms with Crippen LogP contribution in [0.1, 0.15) is 11.3 Å². The Labute approximate surface area is 136 Å². The Kier molecular flexibility index (Phi) is 4.91. The van der Waals surface area contributed by atoms with Crippen molar-refractivity contribution in [2.75, 3.05) is 0 Å². The fraction of sp³-hybridized carbons (Fsp3) is 0.200. The number of hydrogen-bond acceptors (Lipinski definition) is 3. The van der Waals surface area contributed by atoms with E-state index in [1.54, 1.807) is 0 Å². The number of pyridine rings is 1. The molecule has 134 valence electrons. The van der Waals surface area contributed by atoms with Crippen LogP contribution in [0, 0.1) is 0 Å². The van der Waals surface area contributed by atoms with Crippen LogP contribution in [-0.4, -0.2) is 22.4 Å². The molecule has 1 heterocycles. The zero-order valence-electron chi connectivity index (χ0n) is 12.1. The summed E-state index contributed by atoms with van der Waals surface area (Å²) in [5, 5.41) is 8.75. The van der Waals surface area contributed by atoms with Crippen LogP contribution in [0.15, 0.2) is 36.4 Å². The van der Waals surface area contributed by atoms with E-state index in [2.05, 4.69) is 9.72 Å². The fourth-order valence-electron chi connectivity index (χ4n) is 2.01. The lowest BCUT2D eigenvalue weighted by Crippen LogP contribution is -2.17. The number of ether oxygens (including phenoxy) is 1. The maximum atomic E-state index is 12.9. The first-order valence-electron chi connectivity index (χ1n) is 6.60. The van der Waals surface area contributed by atoms with Crippen molar-refractivity contribution in [1.29, 1.82) is 0 Å². The van der Waals surface area contributed by atoms with Crippen LogP contribution < -0.4 is 4.74 Å². The molecule has 0 unspecified atom stereocenters. The van der Waals surface area contributed by atoms with Crippen LogP contribution in [0.3, 0.4) is 0 Å². The van der Waals surface area contributed by atoms with Crippen molar-refractivity contribution >= 4 is 5.97 Å². The van der Waals surface area contributed by atoms with E-state index in [1.807, 2.05) is 0 Å². The number of benzene rings is 1. The normalized spacial score (nSPS) is 12.1. The fourth-order valence-corrected chi connectivity index (χ4v) is 2.01. The monoisotopic (exact) mass is 365 g/mol. The molecule has 0 radical (unpaired) electrons. The second-order valence-electron chi connectivity index (χ2n) is 4.89. The molecule has 1 aromatic heterocycles. The molecule has 1 aromatic carbocycles. The minimum atomic E-state index is -4.96. The topological polar surface area (TPSA) is 59.4 Å². The summed E-state index contributed by atoms with van der Waals surface area (Å²) in [6.45, 7) is 0. The van der Waals surface area contributed by atoms with E-state index in [1.165, 1.54) is 6.07 Å². The van der Waals surface area contributed by atoms with Crippen molar-refractivity contribution in [3.8, 4) is 17.0 Å². The zero-order valence-corrected chi connectivity index (χ0v) is 12.1. The molecule has 0 amide bonds. The van der Waals surface area contributed by atoms with Crippen LogP contribution in [0.4, 0.5) is 26.3 Å². The molecule has 0 aliphatic rings. The summed E-state index contributed by atoms with van der Waals surface area (Å²) in [6.07, 6.45) is -10.5. The smallest absolute Gasteiger partial charge is 0.481 e. The Morgan fingerprint density at radius 3 is 2.32 bits per heavy atom. The number of halogens is 6. The van der Waals surface area contributed by atoms with Gasteiger partial charge in [0.05, 0.1) is 12.1 Å². The Morgan fingerprint density at radius 1 is 1.08 bits per heavy atom. The third-order valence-corrected chi connectivity index (χ3v) is 2.89. The lowest BCUT2D eigenvalue weighted by Gasteiger charge is -2.12. The molecule has 0 aliphatic heterocycles. The van der Waals surface area contributed by atoms with Gasteiger partial charge in [-0.25, -0.2) is 4.98 Å². The first-order valence-corrected chi connectivity index (χ1v) is 6.60. The molecule has 4 nitrogen and oxygen atoms in total. The van der Waals surface area contributed by atoms with Crippen molar-refractivity contribution in [2.24, 2.45) is 0 Å². The first kappa shape index (κ1) is 18.6. The molecule has 0 fully saturated rings. The lowest BCUT2D eigenvalue weighted by atomic mass is 10.1. The quantitative estimate of drug-likeness (QED) is 0.821. The van der Waals surface area contributed by atoms with E-state index in [0.717, 1.165) is 24.3 Å². The Hall–Kier alpha value is -2.78. The molecule has 0 saturated heterocycles. The molecular formula is C15H9F6NO3. The number of rotatable bonds is 4. The van der Waals surface area contributed by atoms with E-state index in [0.29, 0.717) is 6.07 Å². The van der Waals surface area contributed by atoms with Gasteiger partial charge in [-0.1, -0.05) is 12.1 Å². The van der Waals surface area contributed by atoms with Crippen molar-refractivity contribution in [1.82, 2.24) is 4.98 Å². The SMILES string of the molecule is O=C(O)Cc1cc(-c2cccc(OC(F)(F)F)c2)nc(C(F)(F)F)c1.